The Morgan fingerprint density at radius 2 is 1.31 bits per heavy atom. The molecular formula is C20H13Cl2NO3. The molecule has 0 radical (unpaired) electrons. The lowest BCUT2D eigenvalue weighted by Gasteiger charge is -2.29. The van der Waals surface area contributed by atoms with Crippen molar-refractivity contribution in [1.82, 2.24) is 0 Å². The molecule has 1 heterocycles. The number of fused-ring (bicyclic) bond motifs is 1. The Morgan fingerprint density at radius 3 is 1.81 bits per heavy atom. The van der Waals surface area contributed by atoms with Gasteiger partial charge >= 0.3 is 0 Å². The fourth-order valence-electron chi connectivity index (χ4n) is 3.52. The lowest BCUT2D eigenvalue weighted by Crippen LogP contribution is -2.37. The van der Waals surface area contributed by atoms with Crippen molar-refractivity contribution in [3.63, 3.8) is 0 Å². The van der Waals surface area contributed by atoms with Crippen molar-refractivity contribution in [2.24, 2.45) is 0 Å². The highest BCUT2D eigenvalue weighted by Gasteiger charge is 2.51. The van der Waals surface area contributed by atoms with Crippen LogP contribution in [-0.2, 0) is 10.2 Å². The Bertz CT molecular complexity index is 969. The first kappa shape index (κ1) is 16.8. The Morgan fingerprint density at radius 1 is 0.808 bits per heavy atom. The van der Waals surface area contributed by atoms with Crippen molar-refractivity contribution in [3.05, 3.63) is 87.4 Å². The second-order valence-electron chi connectivity index (χ2n) is 6.11. The summed E-state index contributed by atoms with van der Waals surface area (Å²) < 4.78 is 0. The predicted octanol–water partition coefficient (Wildman–Crippen LogP) is 4.69. The summed E-state index contributed by atoms with van der Waals surface area (Å²) in [5.74, 6) is -0.0982. The van der Waals surface area contributed by atoms with E-state index in [0.29, 0.717) is 32.4 Å². The van der Waals surface area contributed by atoms with Gasteiger partial charge in [-0.15, -0.1) is 0 Å². The number of anilines is 1. The average Bonchev–Trinajstić information content (AvgIpc) is 2.89. The Hall–Kier alpha value is -2.69. The van der Waals surface area contributed by atoms with Gasteiger partial charge in [0, 0.05) is 21.3 Å². The van der Waals surface area contributed by atoms with Crippen LogP contribution in [0.4, 0.5) is 5.69 Å². The number of hydrogen-bond donors (Lipinski definition) is 3. The van der Waals surface area contributed by atoms with Crippen molar-refractivity contribution < 1.29 is 15.0 Å². The first-order chi connectivity index (χ1) is 12.4. The number of halogens is 2. The van der Waals surface area contributed by atoms with E-state index in [1.165, 1.54) is 24.3 Å². The second kappa shape index (κ2) is 5.94. The topological polar surface area (TPSA) is 69.6 Å². The van der Waals surface area contributed by atoms with Gasteiger partial charge in [0.15, 0.2) is 0 Å². The van der Waals surface area contributed by atoms with E-state index in [4.69, 9.17) is 23.2 Å². The number of phenolic OH excluding ortho intramolecular Hbond substituents is 2. The third-order valence-corrected chi connectivity index (χ3v) is 5.14. The molecule has 0 spiro atoms. The molecule has 130 valence electrons. The van der Waals surface area contributed by atoms with E-state index in [2.05, 4.69) is 5.32 Å². The van der Waals surface area contributed by atoms with Crippen molar-refractivity contribution in [2.75, 3.05) is 5.32 Å². The zero-order chi connectivity index (χ0) is 18.5. The summed E-state index contributed by atoms with van der Waals surface area (Å²) >= 11 is 12.6. The quantitative estimate of drug-likeness (QED) is 0.599. The number of benzene rings is 3. The third-order valence-electron chi connectivity index (χ3n) is 4.62. The molecule has 4 rings (SSSR count). The van der Waals surface area contributed by atoms with Gasteiger partial charge in [0.1, 0.15) is 16.9 Å². The number of hydrogen-bond acceptors (Lipinski definition) is 3. The highest BCUT2D eigenvalue weighted by atomic mass is 35.5. The highest BCUT2D eigenvalue weighted by molar-refractivity contribution is 6.37. The van der Waals surface area contributed by atoms with Crippen LogP contribution in [0.1, 0.15) is 16.7 Å². The number of rotatable bonds is 2. The van der Waals surface area contributed by atoms with Crippen LogP contribution in [0.25, 0.3) is 0 Å². The molecule has 0 fully saturated rings. The third kappa shape index (κ3) is 2.34. The van der Waals surface area contributed by atoms with Crippen molar-refractivity contribution in [3.8, 4) is 11.5 Å². The van der Waals surface area contributed by atoms with E-state index in [0.717, 1.165) is 0 Å². The number of carbonyl (C=O) groups is 1. The molecule has 1 amide bonds. The zero-order valence-corrected chi connectivity index (χ0v) is 14.8. The maximum absolute atomic E-state index is 13.2. The summed E-state index contributed by atoms with van der Waals surface area (Å²) in [4.78, 5) is 13.2. The van der Waals surface area contributed by atoms with E-state index >= 15 is 0 Å². The van der Waals surface area contributed by atoms with Crippen LogP contribution in [0.3, 0.4) is 0 Å². The minimum Gasteiger partial charge on any atom is -0.508 e. The summed E-state index contributed by atoms with van der Waals surface area (Å²) in [5.41, 5.74) is 1.18. The molecule has 6 heteroatoms. The molecule has 3 aromatic carbocycles. The lowest BCUT2D eigenvalue weighted by molar-refractivity contribution is -0.118. The fraction of sp³-hybridized carbons (Fsp3) is 0.0500. The molecule has 0 atom stereocenters. The SMILES string of the molecule is O=C1Nc2cc(Cl)cc(Cl)c2C1(c1ccc(O)cc1)c1ccc(O)cc1. The largest absolute Gasteiger partial charge is 0.508 e. The molecular weight excluding hydrogens is 373 g/mol. The second-order valence-corrected chi connectivity index (χ2v) is 6.95. The summed E-state index contributed by atoms with van der Waals surface area (Å²) in [6, 6.07) is 16.1. The maximum atomic E-state index is 13.2. The summed E-state index contributed by atoms with van der Waals surface area (Å²) in [6.45, 7) is 0. The average molecular weight is 386 g/mol. The van der Waals surface area contributed by atoms with E-state index in [9.17, 15) is 15.0 Å². The van der Waals surface area contributed by atoms with Crippen LogP contribution in [0.5, 0.6) is 11.5 Å². The van der Waals surface area contributed by atoms with Crippen LogP contribution in [0, 0.1) is 0 Å². The molecule has 26 heavy (non-hydrogen) atoms. The number of aromatic hydroxyl groups is 2. The number of phenols is 2. The Labute approximate surface area is 159 Å². The molecule has 0 unspecified atom stereocenters. The van der Waals surface area contributed by atoms with E-state index < -0.39 is 5.41 Å². The smallest absolute Gasteiger partial charge is 0.244 e. The van der Waals surface area contributed by atoms with Gasteiger partial charge in [-0.25, -0.2) is 0 Å². The molecule has 0 aromatic heterocycles. The van der Waals surface area contributed by atoms with Crippen molar-refractivity contribution >= 4 is 34.8 Å². The molecule has 0 aliphatic carbocycles. The summed E-state index contributed by atoms with van der Waals surface area (Å²) in [6.07, 6.45) is 0. The lowest BCUT2D eigenvalue weighted by atomic mass is 9.70. The first-order valence-electron chi connectivity index (χ1n) is 7.83. The van der Waals surface area contributed by atoms with Crippen LogP contribution < -0.4 is 5.32 Å². The van der Waals surface area contributed by atoms with Crippen molar-refractivity contribution in [1.29, 1.82) is 0 Å². The molecule has 0 saturated heterocycles. The van der Waals surface area contributed by atoms with Gasteiger partial charge in [0.05, 0.1) is 0 Å². The van der Waals surface area contributed by atoms with Gasteiger partial charge < -0.3 is 15.5 Å². The van der Waals surface area contributed by atoms with Crippen LogP contribution >= 0.6 is 23.2 Å². The van der Waals surface area contributed by atoms with Gasteiger partial charge in [-0.05, 0) is 47.5 Å². The molecule has 0 saturated carbocycles. The fourth-order valence-corrected chi connectivity index (χ4v) is 4.16. The highest BCUT2D eigenvalue weighted by Crippen LogP contribution is 2.51. The maximum Gasteiger partial charge on any atom is 0.244 e. The molecule has 4 nitrogen and oxygen atoms in total. The van der Waals surface area contributed by atoms with E-state index in [1.807, 2.05) is 0 Å². The minimum atomic E-state index is -1.22. The molecule has 1 aliphatic heterocycles. The van der Waals surface area contributed by atoms with Gasteiger partial charge in [-0.3, -0.25) is 4.79 Å². The normalized spacial score (nSPS) is 14.8. The number of carbonyl (C=O) groups excluding carboxylic acids is 1. The van der Waals surface area contributed by atoms with Crippen LogP contribution in [0.2, 0.25) is 10.0 Å². The van der Waals surface area contributed by atoms with Crippen LogP contribution in [0.15, 0.2) is 60.7 Å². The summed E-state index contributed by atoms with van der Waals surface area (Å²) in [5, 5.41) is 23.0. The van der Waals surface area contributed by atoms with Crippen LogP contribution in [-0.4, -0.2) is 16.1 Å². The van der Waals surface area contributed by atoms with E-state index in [-0.39, 0.29) is 17.4 Å². The molecule has 3 aromatic rings. The number of nitrogens with one attached hydrogen (secondary N) is 1. The van der Waals surface area contributed by atoms with E-state index in [1.54, 1.807) is 36.4 Å². The Balaban J connectivity index is 2.10. The van der Waals surface area contributed by atoms with Gasteiger partial charge in [0.2, 0.25) is 5.91 Å². The zero-order valence-electron chi connectivity index (χ0n) is 13.3. The molecule has 0 bridgehead atoms. The Kier molecular flexibility index (Phi) is 3.83. The standard InChI is InChI=1S/C20H13Cl2NO3/c21-13-9-16(22)18-17(10-13)23-19(26)20(18,11-1-5-14(24)6-2-11)12-3-7-15(25)8-4-12/h1-10,24-25H,(H,23,26). The summed E-state index contributed by atoms with van der Waals surface area (Å²) in [7, 11) is 0. The van der Waals surface area contributed by atoms with Gasteiger partial charge in [0.25, 0.3) is 0 Å². The first-order valence-corrected chi connectivity index (χ1v) is 8.58. The predicted molar refractivity (Wildman–Crippen MR) is 101 cm³/mol. The van der Waals surface area contributed by atoms with Gasteiger partial charge in [-0.1, -0.05) is 47.5 Å². The minimum absolute atomic E-state index is 0.0930. The van der Waals surface area contributed by atoms with Gasteiger partial charge in [-0.2, -0.15) is 0 Å². The molecule has 3 N–H and O–H groups in total. The number of amides is 1. The molecule has 1 aliphatic rings. The monoisotopic (exact) mass is 385 g/mol. The van der Waals surface area contributed by atoms with Crippen molar-refractivity contribution in [2.45, 2.75) is 5.41 Å².